The van der Waals surface area contributed by atoms with Crippen LogP contribution in [0.5, 0.6) is 0 Å². The number of aryl methyl sites for hydroxylation is 3. The van der Waals surface area contributed by atoms with Gasteiger partial charge >= 0.3 is 11.7 Å². The molecule has 0 saturated heterocycles. The lowest BCUT2D eigenvalue weighted by atomic mass is 10.0. The molecular formula is C31H36N5O3+. The third kappa shape index (κ3) is 5.52. The third-order valence-electron chi connectivity index (χ3n) is 7.18. The van der Waals surface area contributed by atoms with Gasteiger partial charge in [-0.3, -0.25) is 9.36 Å². The van der Waals surface area contributed by atoms with Gasteiger partial charge in [0.05, 0.1) is 38.7 Å². The monoisotopic (exact) mass is 526 g/mol. The summed E-state index contributed by atoms with van der Waals surface area (Å²) >= 11 is 0. The van der Waals surface area contributed by atoms with Crippen LogP contribution >= 0.6 is 0 Å². The number of aromatic nitrogens is 4. The van der Waals surface area contributed by atoms with Gasteiger partial charge in [0.1, 0.15) is 6.54 Å². The average Bonchev–Trinajstić information content (AvgIpc) is 3.38. The van der Waals surface area contributed by atoms with Crippen molar-refractivity contribution < 1.29 is 14.4 Å². The van der Waals surface area contributed by atoms with E-state index in [-0.39, 0.29) is 24.7 Å². The quantitative estimate of drug-likeness (QED) is 0.289. The van der Waals surface area contributed by atoms with Gasteiger partial charge < -0.3 is 19.2 Å². The van der Waals surface area contributed by atoms with Gasteiger partial charge in [0.2, 0.25) is 0 Å². The number of hydrogen-bond acceptors (Lipinski definition) is 4. The first kappa shape index (κ1) is 26.4. The predicted molar refractivity (Wildman–Crippen MR) is 153 cm³/mol. The molecule has 3 aromatic heterocycles. The van der Waals surface area contributed by atoms with E-state index in [1.165, 1.54) is 26.9 Å². The number of carbonyl (C=O) groups is 1. The summed E-state index contributed by atoms with van der Waals surface area (Å²) in [5.41, 5.74) is 7.41. The average molecular weight is 527 g/mol. The van der Waals surface area contributed by atoms with E-state index in [4.69, 9.17) is 4.74 Å². The second-order valence-corrected chi connectivity index (χ2v) is 10.7. The Morgan fingerprint density at radius 1 is 1.10 bits per heavy atom. The Morgan fingerprint density at radius 2 is 1.87 bits per heavy atom. The fraction of sp³-hybridized carbons (Fsp3) is 0.323. The van der Waals surface area contributed by atoms with Crippen LogP contribution in [0.15, 0.2) is 65.6 Å². The Morgan fingerprint density at radius 3 is 2.62 bits per heavy atom. The molecule has 5 aromatic rings. The zero-order valence-electron chi connectivity index (χ0n) is 23.2. The van der Waals surface area contributed by atoms with Gasteiger partial charge in [0, 0.05) is 41.8 Å². The Labute approximate surface area is 227 Å². The van der Waals surface area contributed by atoms with Crippen LogP contribution in [0.3, 0.4) is 0 Å². The predicted octanol–water partition coefficient (Wildman–Crippen LogP) is 3.24. The highest BCUT2D eigenvalue weighted by Crippen LogP contribution is 2.27. The summed E-state index contributed by atoms with van der Waals surface area (Å²) < 4.78 is 9.46. The molecule has 2 N–H and O–H groups in total. The van der Waals surface area contributed by atoms with Crippen LogP contribution in [0.1, 0.15) is 40.4 Å². The maximum absolute atomic E-state index is 13.1. The molecule has 0 radical (unpaired) electrons. The zero-order valence-corrected chi connectivity index (χ0v) is 23.2. The molecule has 8 heteroatoms. The van der Waals surface area contributed by atoms with E-state index in [1.54, 1.807) is 4.57 Å². The number of H-pyrrole nitrogens is 1. The Kier molecular flexibility index (Phi) is 7.39. The summed E-state index contributed by atoms with van der Waals surface area (Å²) in [5.74, 6) is -0.356. The normalized spacial score (nSPS) is 12.5. The largest absolute Gasteiger partial charge is 0.465 e. The molecule has 39 heavy (non-hydrogen) atoms. The first-order chi connectivity index (χ1) is 18.7. The fourth-order valence-electron chi connectivity index (χ4n) is 5.48. The van der Waals surface area contributed by atoms with Crippen LogP contribution in [-0.2, 0) is 29.5 Å². The molecule has 202 valence electrons. The minimum atomic E-state index is -0.534. The van der Waals surface area contributed by atoms with E-state index in [1.807, 2.05) is 49.4 Å². The van der Waals surface area contributed by atoms with Gasteiger partial charge in [-0.1, -0.05) is 36.4 Å². The molecule has 0 aliphatic heterocycles. The van der Waals surface area contributed by atoms with Gasteiger partial charge in [0.25, 0.3) is 0 Å². The summed E-state index contributed by atoms with van der Waals surface area (Å²) in [6.07, 6.45) is 2.85. The number of rotatable bonds is 9. The molecule has 5 rings (SSSR count). The number of ether oxygens (including phenoxy) is 1. The summed E-state index contributed by atoms with van der Waals surface area (Å²) in [5, 5.41) is 1.30. The highest BCUT2D eigenvalue weighted by Gasteiger charge is 2.24. The third-order valence-corrected chi connectivity index (χ3v) is 7.18. The van der Waals surface area contributed by atoms with E-state index in [9.17, 15) is 9.59 Å². The van der Waals surface area contributed by atoms with Crippen LogP contribution in [0.4, 0.5) is 0 Å². The maximum atomic E-state index is 13.1. The number of quaternary nitrogens is 1. The smallest absolute Gasteiger partial charge is 0.328 e. The van der Waals surface area contributed by atoms with Gasteiger partial charge in [-0.25, -0.2) is 9.78 Å². The summed E-state index contributed by atoms with van der Waals surface area (Å²) in [6.45, 7) is 5.26. The topological polar surface area (TPSA) is 86.4 Å². The number of hydrogen-bond donors (Lipinski definition) is 2. The minimum absolute atomic E-state index is 0.0264. The molecule has 3 heterocycles. The van der Waals surface area contributed by atoms with Crippen molar-refractivity contribution in [3.8, 4) is 0 Å². The number of aromatic amines is 1. The number of carbonyl (C=O) groups excluding carboxylic acids is 1. The molecule has 0 amide bonds. The number of benzene rings is 2. The molecule has 0 spiro atoms. The zero-order chi connectivity index (χ0) is 27.7. The highest BCUT2D eigenvalue weighted by molar-refractivity contribution is 5.87. The molecule has 0 fully saturated rings. The Hall–Kier alpha value is -4.17. The molecule has 0 bridgehead atoms. The van der Waals surface area contributed by atoms with Crippen LogP contribution in [-0.4, -0.2) is 45.8 Å². The fourth-order valence-corrected chi connectivity index (χ4v) is 5.48. The Balaban J connectivity index is 1.33. The van der Waals surface area contributed by atoms with Crippen LogP contribution in [0.2, 0.25) is 0 Å². The lowest BCUT2D eigenvalue weighted by molar-refractivity contribution is -0.872. The molecule has 0 aliphatic carbocycles. The van der Waals surface area contributed by atoms with E-state index in [0.29, 0.717) is 17.6 Å². The molecule has 0 saturated carbocycles. The van der Waals surface area contributed by atoms with Crippen LogP contribution in [0.25, 0.3) is 22.1 Å². The van der Waals surface area contributed by atoms with Crippen molar-refractivity contribution in [1.82, 2.24) is 19.1 Å². The summed E-state index contributed by atoms with van der Waals surface area (Å²) in [4.78, 5) is 34.9. The molecule has 0 unspecified atom stereocenters. The van der Waals surface area contributed by atoms with Crippen molar-refractivity contribution in [1.29, 1.82) is 0 Å². The number of nitrogens with zero attached hydrogens (tertiary/aromatic N) is 3. The second-order valence-electron chi connectivity index (χ2n) is 10.7. The second kappa shape index (κ2) is 10.9. The minimum Gasteiger partial charge on any atom is -0.465 e. The number of imidazole rings is 1. The lowest BCUT2D eigenvalue weighted by Crippen LogP contribution is -3.04. The molecule has 8 nitrogen and oxygen atoms in total. The van der Waals surface area contributed by atoms with Crippen molar-refractivity contribution in [2.24, 2.45) is 7.05 Å². The Bertz CT molecular complexity index is 1690. The van der Waals surface area contributed by atoms with E-state index >= 15 is 0 Å². The van der Waals surface area contributed by atoms with E-state index < -0.39 is 6.04 Å². The molecule has 2 aromatic carbocycles. The molecular weight excluding hydrogens is 490 g/mol. The van der Waals surface area contributed by atoms with Crippen molar-refractivity contribution in [2.75, 3.05) is 20.7 Å². The lowest BCUT2D eigenvalue weighted by Gasteiger charge is -2.18. The SMILES string of the molecule is Cc1ccc2[nH]c(=O)n([C@H](CC(=O)OCCc3cc(C)c4c(C[NH+](C)C)cn(C)c4c3)c3ccccc3)c2n1. The standard InChI is InChI=1S/C31H35N5O3/c1-20-15-22(16-27-29(20)24(18-34(3)4)19-35(27)5)13-14-39-28(37)17-26(23-9-7-6-8-10-23)36-30-25(33-31(36)38)12-11-21(2)32-30/h6-12,15-16,19,26H,13-14,17-18H2,1-5H3,(H,33,38)/p+1/t26-/m1/s1. The van der Waals surface area contributed by atoms with Crippen LogP contribution in [0, 0.1) is 13.8 Å². The molecule has 1 atom stereocenters. The number of esters is 1. The van der Waals surface area contributed by atoms with Crippen molar-refractivity contribution in [3.05, 3.63) is 99.2 Å². The van der Waals surface area contributed by atoms with Crippen LogP contribution < -0.4 is 10.6 Å². The maximum Gasteiger partial charge on any atom is 0.328 e. The van der Waals surface area contributed by atoms with Gasteiger partial charge in [-0.2, -0.15) is 0 Å². The molecule has 0 aliphatic rings. The number of fused-ring (bicyclic) bond motifs is 2. The number of nitrogens with one attached hydrogen (secondary N) is 2. The van der Waals surface area contributed by atoms with Crippen molar-refractivity contribution in [2.45, 2.75) is 39.3 Å². The van der Waals surface area contributed by atoms with Crippen molar-refractivity contribution in [3.63, 3.8) is 0 Å². The van der Waals surface area contributed by atoms with Gasteiger partial charge in [-0.15, -0.1) is 0 Å². The first-order valence-corrected chi connectivity index (χ1v) is 13.4. The van der Waals surface area contributed by atoms with E-state index in [2.05, 4.69) is 60.9 Å². The van der Waals surface area contributed by atoms with E-state index in [0.717, 1.165) is 23.4 Å². The number of pyridine rings is 1. The summed E-state index contributed by atoms with van der Waals surface area (Å²) in [7, 11) is 6.39. The summed E-state index contributed by atoms with van der Waals surface area (Å²) in [6, 6.07) is 17.1. The first-order valence-electron chi connectivity index (χ1n) is 13.4. The van der Waals surface area contributed by atoms with Crippen molar-refractivity contribution >= 4 is 28.0 Å². The highest BCUT2D eigenvalue weighted by atomic mass is 16.5. The van der Waals surface area contributed by atoms with Gasteiger partial charge in [-0.05, 0) is 48.7 Å². The van der Waals surface area contributed by atoms with Gasteiger partial charge in [0.15, 0.2) is 5.65 Å².